The van der Waals surface area contributed by atoms with E-state index in [1.54, 1.807) is 0 Å². The molecule has 0 aliphatic heterocycles. The van der Waals surface area contributed by atoms with Gasteiger partial charge in [-0.3, -0.25) is 0 Å². The fraction of sp³-hybridized carbons (Fsp3) is 0.0952. The number of fused-ring (bicyclic) bond motifs is 9. The van der Waals surface area contributed by atoms with Crippen LogP contribution in [-0.4, -0.2) is 4.57 Å². The van der Waals surface area contributed by atoms with E-state index in [1.807, 2.05) is 36.4 Å². The van der Waals surface area contributed by atoms with Gasteiger partial charge in [-0.25, -0.2) is 0 Å². The van der Waals surface area contributed by atoms with Crippen LogP contribution in [0.5, 0.6) is 11.5 Å². The average Bonchev–Trinajstić information content (AvgIpc) is 1.58. The van der Waals surface area contributed by atoms with Crippen molar-refractivity contribution in [1.82, 2.24) is 4.57 Å². The second-order valence-corrected chi connectivity index (χ2v) is 25.0. The van der Waals surface area contributed by atoms with E-state index >= 15 is 0 Å². The Labute approximate surface area is 511 Å². The highest BCUT2D eigenvalue weighted by molar-refractivity contribution is 6.12. The van der Waals surface area contributed by atoms with Gasteiger partial charge in [0, 0.05) is 38.9 Å². The van der Waals surface area contributed by atoms with Crippen LogP contribution < -0.4 is 9.64 Å². The number of para-hydroxylation sites is 1. The number of ether oxygens (including phenoxy) is 1. The Morgan fingerprint density at radius 1 is 0.391 bits per heavy atom. The Morgan fingerprint density at radius 3 is 1.39 bits per heavy atom. The maximum Gasteiger partial charge on any atom is 0.127 e. The molecule has 0 spiro atoms. The zero-order valence-electron chi connectivity index (χ0n) is 49.9. The van der Waals surface area contributed by atoms with Gasteiger partial charge in [-0.1, -0.05) is 236 Å². The van der Waals surface area contributed by atoms with E-state index in [4.69, 9.17) is 4.74 Å². The van der Waals surface area contributed by atoms with Gasteiger partial charge >= 0.3 is 0 Å². The topological polar surface area (TPSA) is 17.4 Å². The molecule has 2 aliphatic rings. The maximum absolute atomic E-state index is 6.51. The normalized spacial score (nSPS) is 14.5. The minimum absolute atomic E-state index is 0.0199. The first kappa shape index (κ1) is 53.3. The number of hydrogen-bond acceptors (Lipinski definition) is 2. The molecule has 2 aliphatic carbocycles. The van der Waals surface area contributed by atoms with Crippen molar-refractivity contribution in [3.63, 3.8) is 0 Å². The molecule has 0 saturated carbocycles. The highest BCUT2D eigenvalue weighted by atomic mass is 16.5. The second-order valence-electron chi connectivity index (χ2n) is 25.0. The van der Waals surface area contributed by atoms with Crippen molar-refractivity contribution in [3.8, 4) is 61.7 Å². The molecule has 1 heterocycles. The summed E-state index contributed by atoms with van der Waals surface area (Å²) in [6.45, 7) is 19.5. The first-order valence-corrected chi connectivity index (χ1v) is 30.3. The molecule has 3 nitrogen and oxygen atoms in total. The van der Waals surface area contributed by atoms with Crippen LogP contribution in [0.3, 0.4) is 0 Å². The Morgan fingerprint density at radius 2 is 0.828 bits per heavy atom. The molecule has 0 radical (unpaired) electrons. The quantitative estimate of drug-likeness (QED) is 0.121. The lowest BCUT2D eigenvalue weighted by Crippen LogP contribution is -2.29. The molecular weight excluding hydrogens is 1050 g/mol. The van der Waals surface area contributed by atoms with Crippen LogP contribution in [-0.2, 0) is 16.2 Å². The Hall–Kier alpha value is -10.5. The Balaban J connectivity index is 0.894. The van der Waals surface area contributed by atoms with Crippen molar-refractivity contribution < 1.29 is 4.74 Å². The molecule has 0 fully saturated rings. The van der Waals surface area contributed by atoms with Crippen LogP contribution in [0.1, 0.15) is 84.7 Å². The largest absolute Gasteiger partial charge is 0.457 e. The third kappa shape index (κ3) is 8.79. The highest BCUT2D eigenvalue weighted by Crippen LogP contribution is 2.58. The predicted octanol–water partition coefficient (Wildman–Crippen LogP) is 22.6. The molecule has 12 aromatic carbocycles. The first-order valence-electron chi connectivity index (χ1n) is 30.3. The van der Waals surface area contributed by atoms with E-state index < -0.39 is 5.41 Å². The monoisotopic (exact) mass is 1120 g/mol. The molecule has 3 heteroatoms. The molecule has 1 atom stereocenters. The first-order chi connectivity index (χ1) is 42.4. The van der Waals surface area contributed by atoms with Crippen LogP contribution >= 0.6 is 0 Å². The molecule has 0 amide bonds. The number of nitrogens with zero attached hydrogens (tertiary/aromatic N) is 2. The van der Waals surface area contributed by atoms with E-state index in [2.05, 4.69) is 306 Å². The van der Waals surface area contributed by atoms with Crippen LogP contribution in [0, 0.1) is 0 Å². The van der Waals surface area contributed by atoms with E-state index in [9.17, 15) is 0 Å². The second kappa shape index (κ2) is 20.6. The molecule has 15 rings (SSSR count). The fourth-order valence-electron chi connectivity index (χ4n) is 14.1. The zero-order valence-corrected chi connectivity index (χ0v) is 49.9. The number of rotatable bonds is 12. The van der Waals surface area contributed by atoms with Gasteiger partial charge < -0.3 is 14.2 Å². The summed E-state index contributed by atoms with van der Waals surface area (Å²) < 4.78 is 8.91. The van der Waals surface area contributed by atoms with Crippen LogP contribution in [0.25, 0.3) is 84.2 Å². The summed E-state index contributed by atoms with van der Waals surface area (Å²) in [5, 5.41) is 2.42. The van der Waals surface area contributed by atoms with Crippen molar-refractivity contribution in [2.45, 2.75) is 50.9 Å². The van der Waals surface area contributed by atoms with Gasteiger partial charge in [-0.05, 0) is 197 Å². The summed E-state index contributed by atoms with van der Waals surface area (Å²) >= 11 is 0. The molecule has 0 N–H and O–H groups in total. The summed E-state index contributed by atoms with van der Waals surface area (Å²) in [7, 11) is 0. The number of aromatic nitrogens is 1. The van der Waals surface area contributed by atoms with E-state index in [-0.39, 0.29) is 10.8 Å². The lowest BCUT2D eigenvalue weighted by atomic mass is 9.67. The van der Waals surface area contributed by atoms with Crippen LogP contribution in [0.15, 0.2) is 286 Å². The fourth-order valence-corrected chi connectivity index (χ4v) is 14.1. The molecule has 418 valence electrons. The molecule has 0 bridgehead atoms. The van der Waals surface area contributed by atoms with Crippen molar-refractivity contribution in [3.05, 3.63) is 336 Å². The van der Waals surface area contributed by atoms with Crippen LogP contribution in [0.2, 0.25) is 0 Å². The average molecular weight is 1120 g/mol. The Kier molecular flexibility index (Phi) is 12.6. The predicted molar refractivity (Wildman–Crippen MR) is 367 cm³/mol. The van der Waals surface area contributed by atoms with Crippen molar-refractivity contribution in [1.29, 1.82) is 0 Å². The minimum Gasteiger partial charge on any atom is -0.457 e. The van der Waals surface area contributed by atoms with E-state index in [1.165, 1.54) is 94.1 Å². The Bertz CT molecular complexity index is 4830. The standard InChI is InChI=1S/C84H66N2O/c1-8-55-23-27-57(28-24-55)59-31-49-80-74(51-59)75-52-60(32-50-81(75)86(80)64-17-11-10-12-18-64)58-29-39-65(40-30-58)85(66-41-47-72-70-19-13-15-21-76(70)83(6,7)78(72)53-66)67-42-48-73-71-20-14-16-22-77(71)84(79(73)54-67,62-35-33-61(34-36-62)82(3,4)5)63-37-45-69(46-38-63)87-68-43-25-56(9-2)26-44-68/h8-54H,1-2H2,3-7H3. The molecular formula is C84H66N2O. The lowest BCUT2D eigenvalue weighted by Gasteiger charge is -2.35. The van der Waals surface area contributed by atoms with Gasteiger partial charge in [0.05, 0.1) is 16.4 Å². The molecule has 87 heavy (non-hydrogen) atoms. The summed E-state index contributed by atoms with van der Waals surface area (Å²) in [4.78, 5) is 2.48. The van der Waals surface area contributed by atoms with Gasteiger partial charge in [-0.2, -0.15) is 0 Å². The lowest BCUT2D eigenvalue weighted by molar-refractivity contribution is 0.482. The van der Waals surface area contributed by atoms with Crippen molar-refractivity contribution >= 4 is 51.0 Å². The highest BCUT2D eigenvalue weighted by Gasteiger charge is 2.47. The van der Waals surface area contributed by atoms with Gasteiger partial charge in [0.1, 0.15) is 11.5 Å². The summed E-state index contributed by atoms with van der Waals surface area (Å²) in [5.41, 5.74) is 26.5. The van der Waals surface area contributed by atoms with Crippen molar-refractivity contribution in [2.75, 3.05) is 4.90 Å². The molecule has 13 aromatic rings. The molecule has 0 saturated heterocycles. The van der Waals surface area contributed by atoms with Gasteiger partial charge in [-0.15, -0.1) is 0 Å². The molecule has 1 unspecified atom stereocenters. The zero-order chi connectivity index (χ0) is 59.2. The number of benzene rings is 12. The summed E-state index contributed by atoms with van der Waals surface area (Å²) in [5.74, 6) is 1.56. The number of hydrogen-bond donors (Lipinski definition) is 0. The number of anilines is 3. The summed E-state index contributed by atoms with van der Waals surface area (Å²) in [6, 6.07) is 101. The third-order valence-electron chi connectivity index (χ3n) is 18.7. The third-order valence-corrected chi connectivity index (χ3v) is 18.7. The van der Waals surface area contributed by atoms with E-state index in [0.717, 1.165) is 56.5 Å². The smallest absolute Gasteiger partial charge is 0.127 e. The van der Waals surface area contributed by atoms with Gasteiger partial charge in [0.15, 0.2) is 0 Å². The minimum atomic E-state index is -0.682. The molecule has 1 aromatic heterocycles. The van der Waals surface area contributed by atoms with Gasteiger partial charge in [0.25, 0.3) is 0 Å². The van der Waals surface area contributed by atoms with E-state index in [0.29, 0.717) is 0 Å². The van der Waals surface area contributed by atoms with Crippen molar-refractivity contribution in [2.24, 2.45) is 0 Å². The van der Waals surface area contributed by atoms with Crippen LogP contribution in [0.4, 0.5) is 17.1 Å². The SMILES string of the molecule is C=Cc1ccc(Oc2ccc(C3(c4ccc(C(C)(C)C)cc4)c4ccccc4-c4ccc(N(c5ccc(-c6ccc7c(c6)c6cc(-c8ccc(C=C)cc8)ccc6n7-c6ccccc6)cc5)c5ccc6c(c5)C(C)(C)c5ccccc5-6)cc43)cc2)cc1. The summed E-state index contributed by atoms with van der Waals surface area (Å²) in [6.07, 6.45) is 3.75. The maximum atomic E-state index is 6.51. The van der Waals surface area contributed by atoms with Gasteiger partial charge in [0.2, 0.25) is 0 Å².